The summed E-state index contributed by atoms with van der Waals surface area (Å²) in [7, 11) is 1.76. The van der Waals surface area contributed by atoms with Crippen molar-refractivity contribution in [1.29, 1.82) is 0 Å². The fraction of sp³-hybridized carbons (Fsp3) is 0.154. The van der Waals surface area contributed by atoms with Crippen LogP contribution in [0.3, 0.4) is 0 Å². The van der Waals surface area contributed by atoms with Crippen LogP contribution in [0.25, 0.3) is 0 Å². The minimum atomic E-state index is -3.60. The van der Waals surface area contributed by atoms with E-state index in [1.807, 2.05) is 0 Å². The second-order valence-electron chi connectivity index (χ2n) is 4.13. The number of nitrogens with one attached hydrogen (secondary N) is 2. The molecule has 0 atom stereocenters. The first-order chi connectivity index (χ1) is 9.55. The van der Waals surface area contributed by atoms with Crippen molar-refractivity contribution in [3.63, 3.8) is 0 Å². The molecule has 104 valence electrons. The summed E-state index contributed by atoms with van der Waals surface area (Å²) in [5, 5.41) is 5.99. The van der Waals surface area contributed by atoms with Crippen LogP contribution in [-0.2, 0) is 0 Å². The third kappa shape index (κ3) is 2.42. The Morgan fingerprint density at radius 3 is 2.60 bits per heavy atom. The summed E-state index contributed by atoms with van der Waals surface area (Å²) in [6.45, 7) is 0. The summed E-state index contributed by atoms with van der Waals surface area (Å²) in [4.78, 5) is 4.08. The van der Waals surface area contributed by atoms with Gasteiger partial charge >= 0.3 is 6.29 Å². The van der Waals surface area contributed by atoms with Crippen molar-refractivity contribution in [2.75, 3.05) is 17.7 Å². The van der Waals surface area contributed by atoms with E-state index in [1.165, 1.54) is 12.1 Å². The van der Waals surface area contributed by atoms with E-state index in [1.54, 1.807) is 31.4 Å². The van der Waals surface area contributed by atoms with Gasteiger partial charge in [0.15, 0.2) is 11.5 Å². The molecule has 0 fully saturated rings. The van der Waals surface area contributed by atoms with Gasteiger partial charge in [-0.15, -0.1) is 8.78 Å². The maximum atomic E-state index is 12.9. The number of hydrogen-bond donors (Lipinski definition) is 2. The molecule has 0 saturated heterocycles. The van der Waals surface area contributed by atoms with Crippen LogP contribution in [-0.4, -0.2) is 18.3 Å². The van der Waals surface area contributed by atoms with E-state index in [0.29, 0.717) is 11.5 Å². The van der Waals surface area contributed by atoms with E-state index in [0.717, 1.165) is 5.69 Å². The van der Waals surface area contributed by atoms with Gasteiger partial charge in [-0.2, -0.15) is 0 Å². The molecule has 3 rings (SSSR count). The number of benzene rings is 1. The van der Waals surface area contributed by atoms with Crippen LogP contribution in [0.5, 0.6) is 11.5 Å². The van der Waals surface area contributed by atoms with Gasteiger partial charge in [-0.1, -0.05) is 0 Å². The number of fused-ring (bicyclic) bond motifs is 1. The fourth-order valence-electron chi connectivity index (χ4n) is 1.84. The summed E-state index contributed by atoms with van der Waals surface area (Å²) in [6, 6.07) is 8.07. The van der Waals surface area contributed by atoms with Gasteiger partial charge in [0.1, 0.15) is 5.82 Å². The fourth-order valence-corrected chi connectivity index (χ4v) is 1.84. The molecule has 0 spiro atoms. The van der Waals surface area contributed by atoms with Gasteiger partial charge in [-0.25, -0.2) is 4.98 Å². The largest absolute Gasteiger partial charge is 0.586 e. The molecule has 0 saturated carbocycles. The molecule has 2 heterocycles. The van der Waals surface area contributed by atoms with E-state index in [9.17, 15) is 8.78 Å². The lowest BCUT2D eigenvalue weighted by atomic mass is 10.2. The number of aromatic nitrogens is 1. The molecule has 2 N–H and O–H groups in total. The van der Waals surface area contributed by atoms with Crippen molar-refractivity contribution >= 4 is 17.2 Å². The van der Waals surface area contributed by atoms with Crippen LogP contribution in [0, 0.1) is 0 Å². The normalized spacial score (nSPS) is 14.9. The van der Waals surface area contributed by atoms with Crippen molar-refractivity contribution in [1.82, 2.24) is 4.98 Å². The van der Waals surface area contributed by atoms with E-state index in [4.69, 9.17) is 0 Å². The quantitative estimate of drug-likeness (QED) is 0.903. The maximum absolute atomic E-state index is 12.9. The molecule has 5 nitrogen and oxygen atoms in total. The Morgan fingerprint density at radius 1 is 1.05 bits per heavy atom. The summed E-state index contributed by atoms with van der Waals surface area (Å²) in [5.74, 6) is 0.719. The Balaban J connectivity index is 1.82. The molecule has 7 heteroatoms. The molecule has 0 unspecified atom stereocenters. The first-order valence-corrected chi connectivity index (χ1v) is 5.86. The van der Waals surface area contributed by atoms with Crippen molar-refractivity contribution in [3.8, 4) is 11.5 Å². The Hall–Kier alpha value is -2.57. The molecule has 20 heavy (non-hydrogen) atoms. The third-order valence-electron chi connectivity index (χ3n) is 2.71. The van der Waals surface area contributed by atoms with Gasteiger partial charge in [-0.05, 0) is 18.2 Å². The molecule has 1 aliphatic heterocycles. The minimum absolute atomic E-state index is 0.00268. The highest BCUT2D eigenvalue weighted by Gasteiger charge is 2.43. The lowest BCUT2D eigenvalue weighted by molar-refractivity contribution is -0.286. The molecule has 1 aromatic heterocycles. The number of rotatable bonds is 3. The average molecular weight is 279 g/mol. The van der Waals surface area contributed by atoms with Crippen molar-refractivity contribution in [3.05, 3.63) is 36.5 Å². The molecular weight excluding hydrogens is 268 g/mol. The lowest BCUT2D eigenvalue weighted by Gasteiger charge is -2.08. The van der Waals surface area contributed by atoms with Crippen LogP contribution < -0.4 is 20.1 Å². The Kier molecular flexibility index (Phi) is 2.81. The second kappa shape index (κ2) is 4.52. The monoisotopic (exact) mass is 279 g/mol. The Bertz CT molecular complexity index is 649. The predicted molar refractivity (Wildman–Crippen MR) is 69.7 cm³/mol. The van der Waals surface area contributed by atoms with Gasteiger partial charge in [0.25, 0.3) is 0 Å². The number of alkyl halides is 2. The summed E-state index contributed by atoms with van der Waals surface area (Å²) < 4.78 is 34.6. The summed E-state index contributed by atoms with van der Waals surface area (Å²) in [6.07, 6.45) is -1.97. The SMILES string of the molecule is CNc1cc(Nc2ccc3c(c2)OC(F)(F)O3)ccn1. The number of hydrogen-bond acceptors (Lipinski definition) is 5. The van der Waals surface area contributed by atoms with E-state index in [2.05, 4.69) is 25.1 Å². The smallest absolute Gasteiger partial charge is 0.395 e. The zero-order valence-corrected chi connectivity index (χ0v) is 10.5. The van der Waals surface area contributed by atoms with Crippen LogP contribution in [0.4, 0.5) is 26.0 Å². The van der Waals surface area contributed by atoms with Gasteiger partial charge in [0.05, 0.1) is 0 Å². The number of halogens is 2. The number of nitrogens with zero attached hydrogens (tertiary/aromatic N) is 1. The highest BCUT2D eigenvalue weighted by atomic mass is 19.3. The highest BCUT2D eigenvalue weighted by Crippen LogP contribution is 2.42. The van der Waals surface area contributed by atoms with Gasteiger partial charge in [0, 0.05) is 36.8 Å². The second-order valence-corrected chi connectivity index (χ2v) is 4.13. The van der Waals surface area contributed by atoms with Crippen molar-refractivity contribution < 1.29 is 18.3 Å². The number of ether oxygens (including phenoxy) is 2. The molecule has 2 aromatic rings. The van der Waals surface area contributed by atoms with Gasteiger partial charge < -0.3 is 20.1 Å². The average Bonchev–Trinajstić information content (AvgIpc) is 2.72. The Morgan fingerprint density at radius 2 is 1.80 bits per heavy atom. The topological polar surface area (TPSA) is 55.4 Å². The first kappa shape index (κ1) is 12.5. The molecule has 0 bridgehead atoms. The third-order valence-corrected chi connectivity index (χ3v) is 2.71. The molecule has 0 aliphatic carbocycles. The van der Waals surface area contributed by atoms with Crippen LogP contribution in [0.2, 0.25) is 0 Å². The molecule has 0 radical (unpaired) electrons. The zero-order chi connectivity index (χ0) is 14.2. The summed E-state index contributed by atoms with van der Waals surface area (Å²) in [5.41, 5.74) is 1.38. The number of pyridine rings is 1. The van der Waals surface area contributed by atoms with Crippen molar-refractivity contribution in [2.24, 2.45) is 0 Å². The predicted octanol–water partition coefficient (Wildman–Crippen LogP) is 3.19. The maximum Gasteiger partial charge on any atom is 0.586 e. The van der Waals surface area contributed by atoms with E-state index >= 15 is 0 Å². The molecule has 0 amide bonds. The van der Waals surface area contributed by atoms with Gasteiger partial charge in [-0.3, -0.25) is 0 Å². The van der Waals surface area contributed by atoms with Crippen LogP contribution in [0.1, 0.15) is 0 Å². The first-order valence-electron chi connectivity index (χ1n) is 5.86. The van der Waals surface area contributed by atoms with Crippen LogP contribution in [0.15, 0.2) is 36.5 Å². The Labute approximate surface area is 113 Å². The molecule has 1 aliphatic rings. The van der Waals surface area contributed by atoms with E-state index < -0.39 is 6.29 Å². The summed E-state index contributed by atoms with van der Waals surface area (Å²) >= 11 is 0. The van der Waals surface area contributed by atoms with Gasteiger partial charge in [0.2, 0.25) is 0 Å². The molecule has 1 aromatic carbocycles. The minimum Gasteiger partial charge on any atom is -0.395 e. The lowest BCUT2D eigenvalue weighted by Crippen LogP contribution is -2.25. The van der Waals surface area contributed by atoms with Crippen LogP contribution >= 0.6 is 0 Å². The van der Waals surface area contributed by atoms with Crippen molar-refractivity contribution in [2.45, 2.75) is 6.29 Å². The highest BCUT2D eigenvalue weighted by molar-refractivity contribution is 5.65. The zero-order valence-electron chi connectivity index (χ0n) is 10.5. The standard InChI is InChI=1S/C13H11F2N3O2/c1-16-12-7-9(4-5-17-12)18-8-2-3-10-11(6-8)20-13(14,15)19-10/h2-7H,1H3,(H2,16,17,18). The van der Waals surface area contributed by atoms with E-state index in [-0.39, 0.29) is 11.5 Å². The molecular formula is C13H11F2N3O2. The number of anilines is 3.